The Morgan fingerprint density at radius 3 is 2.75 bits per heavy atom. The molecule has 1 unspecified atom stereocenters. The van der Waals surface area contributed by atoms with Crippen LogP contribution in [0, 0.1) is 0 Å². The zero-order valence-electron chi connectivity index (χ0n) is 8.22. The highest BCUT2D eigenvalue weighted by molar-refractivity contribution is 5.77. The topological polar surface area (TPSA) is 38.3 Å². The van der Waals surface area contributed by atoms with Crippen LogP contribution < -0.4 is 5.32 Å². The first-order chi connectivity index (χ1) is 5.66. The monoisotopic (exact) mass is 173 g/mol. The van der Waals surface area contributed by atoms with Crippen molar-refractivity contribution in [1.29, 1.82) is 0 Å². The average molecular weight is 173 g/mol. The molecule has 0 amide bonds. The van der Waals surface area contributed by atoms with Gasteiger partial charge in [0, 0.05) is 6.61 Å². The lowest BCUT2D eigenvalue weighted by Gasteiger charge is -2.10. The first kappa shape index (κ1) is 11.6. The second-order valence-corrected chi connectivity index (χ2v) is 2.93. The van der Waals surface area contributed by atoms with E-state index in [1.807, 2.05) is 13.8 Å². The Hall–Kier alpha value is -0.410. The molecule has 12 heavy (non-hydrogen) atoms. The van der Waals surface area contributed by atoms with E-state index in [2.05, 4.69) is 5.32 Å². The van der Waals surface area contributed by atoms with Gasteiger partial charge in [0.15, 0.2) is 0 Å². The number of carbonyl (C=O) groups is 1. The molecule has 0 aliphatic heterocycles. The van der Waals surface area contributed by atoms with Gasteiger partial charge in [-0.25, -0.2) is 0 Å². The molecule has 3 nitrogen and oxygen atoms in total. The summed E-state index contributed by atoms with van der Waals surface area (Å²) in [6.45, 7) is 7.69. The van der Waals surface area contributed by atoms with Gasteiger partial charge in [-0.15, -0.1) is 0 Å². The maximum atomic E-state index is 10.5. The average Bonchev–Trinajstić information content (AvgIpc) is 1.98. The van der Waals surface area contributed by atoms with Crippen molar-refractivity contribution >= 4 is 5.78 Å². The van der Waals surface area contributed by atoms with E-state index in [9.17, 15) is 4.79 Å². The Morgan fingerprint density at radius 2 is 2.25 bits per heavy atom. The lowest BCUT2D eigenvalue weighted by atomic mass is 10.3. The highest BCUT2D eigenvalue weighted by Gasteiger charge is 1.99. The first-order valence-corrected chi connectivity index (χ1v) is 4.48. The fraction of sp³-hybridized carbons (Fsp3) is 0.889. The van der Waals surface area contributed by atoms with E-state index in [0.717, 1.165) is 19.6 Å². The van der Waals surface area contributed by atoms with Crippen molar-refractivity contribution in [2.75, 3.05) is 19.7 Å². The molecule has 0 aliphatic rings. The van der Waals surface area contributed by atoms with Crippen LogP contribution in [0.2, 0.25) is 0 Å². The third kappa shape index (κ3) is 7.69. The van der Waals surface area contributed by atoms with Crippen LogP contribution in [0.15, 0.2) is 0 Å². The molecule has 0 saturated heterocycles. The number of ether oxygens (including phenoxy) is 1. The Labute approximate surface area is 74.5 Å². The molecule has 0 rings (SSSR count). The summed E-state index contributed by atoms with van der Waals surface area (Å²) in [5.74, 6) is 0.180. The van der Waals surface area contributed by atoms with Crippen LogP contribution in [0.25, 0.3) is 0 Å². The number of ketones is 1. The van der Waals surface area contributed by atoms with E-state index in [4.69, 9.17) is 4.74 Å². The molecule has 0 radical (unpaired) electrons. The molecular formula is C9H19NO2. The molecule has 0 fully saturated rings. The van der Waals surface area contributed by atoms with Crippen LogP contribution in [0.4, 0.5) is 0 Å². The number of hydrogen-bond donors (Lipinski definition) is 1. The van der Waals surface area contributed by atoms with E-state index >= 15 is 0 Å². The van der Waals surface area contributed by atoms with Crippen molar-refractivity contribution in [3.63, 3.8) is 0 Å². The van der Waals surface area contributed by atoms with Gasteiger partial charge in [-0.05, 0) is 33.7 Å². The summed E-state index contributed by atoms with van der Waals surface area (Å²) in [6, 6.07) is 0. The molecule has 0 saturated carbocycles. The molecule has 0 aliphatic carbocycles. The predicted octanol–water partition coefficient (Wildman–Crippen LogP) is 0.980. The van der Waals surface area contributed by atoms with Gasteiger partial charge in [-0.3, -0.25) is 4.79 Å². The van der Waals surface area contributed by atoms with Crippen LogP contribution in [0.5, 0.6) is 0 Å². The van der Waals surface area contributed by atoms with Crippen molar-refractivity contribution in [1.82, 2.24) is 5.32 Å². The Bertz CT molecular complexity index is 126. The number of hydrogen-bond acceptors (Lipinski definition) is 3. The fourth-order valence-electron chi connectivity index (χ4n) is 0.938. The van der Waals surface area contributed by atoms with Gasteiger partial charge >= 0.3 is 0 Å². The summed E-state index contributed by atoms with van der Waals surface area (Å²) >= 11 is 0. The molecule has 0 spiro atoms. The summed E-state index contributed by atoms with van der Waals surface area (Å²) in [4.78, 5) is 10.5. The predicted molar refractivity (Wildman–Crippen MR) is 49.3 cm³/mol. The van der Waals surface area contributed by atoms with Gasteiger partial charge in [-0.2, -0.15) is 0 Å². The highest BCUT2D eigenvalue weighted by atomic mass is 16.5. The van der Waals surface area contributed by atoms with Gasteiger partial charge in [-0.1, -0.05) is 0 Å². The summed E-state index contributed by atoms with van der Waals surface area (Å²) < 4.78 is 5.32. The van der Waals surface area contributed by atoms with E-state index < -0.39 is 0 Å². The SMILES string of the molecule is CCOC(C)CCNCC(C)=O. The zero-order chi connectivity index (χ0) is 9.40. The van der Waals surface area contributed by atoms with E-state index in [0.29, 0.717) is 6.54 Å². The van der Waals surface area contributed by atoms with Gasteiger partial charge in [0.2, 0.25) is 0 Å². The standard InChI is InChI=1S/C9H19NO2/c1-4-12-9(3)5-6-10-7-8(2)11/h9-10H,4-7H2,1-3H3. The molecule has 0 heterocycles. The minimum absolute atomic E-state index is 0.180. The lowest BCUT2D eigenvalue weighted by molar-refractivity contribution is -0.116. The zero-order valence-corrected chi connectivity index (χ0v) is 8.22. The summed E-state index contributed by atoms with van der Waals surface area (Å²) in [7, 11) is 0. The van der Waals surface area contributed by atoms with E-state index in [-0.39, 0.29) is 11.9 Å². The van der Waals surface area contributed by atoms with Gasteiger partial charge < -0.3 is 10.1 Å². The number of rotatable bonds is 7. The molecule has 3 heteroatoms. The Morgan fingerprint density at radius 1 is 1.58 bits per heavy atom. The van der Waals surface area contributed by atoms with Gasteiger partial charge in [0.05, 0.1) is 12.6 Å². The molecule has 0 bridgehead atoms. The van der Waals surface area contributed by atoms with Gasteiger partial charge in [0.25, 0.3) is 0 Å². The lowest BCUT2D eigenvalue weighted by Crippen LogP contribution is -2.25. The maximum Gasteiger partial charge on any atom is 0.143 e. The largest absolute Gasteiger partial charge is 0.379 e. The normalized spacial score (nSPS) is 12.9. The third-order valence-corrected chi connectivity index (χ3v) is 1.55. The third-order valence-electron chi connectivity index (χ3n) is 1.55. The van der Waals surface area contributed by atoms with Crippen molar-refractivity contribution < 1.29 is 9.53 Å². The highest BCUT2D eigenvalue weighted by Crippen LogP contribution is 1.94. The number of nitrogens with one attached hydrogen (secondary N) is 1. The second kappa shape index (κ2) is 7.25. The van der Waals surface area contributed by atoms with Crippen LogP contribution >= 0.6 is 0 Å². The molecule has 1 N–H and O–H groups in total. The maximum absolute atomic E-state index is 10.5. The van der Waals surface area contributed by atoms with E-state index in [1.54, 1.807) is 6.92 Å². The summed E-state index contributed by atoms with van der Waals surface area (Å²) in [5, 5.41) is 3.04. The quantitative estimate of drug-likeness (QED) is 0.583. The van der Waals surface area contributed by atoms with Crippen molar-refractivity contribution in [3.8, 4) is 0 Å². The van der Waals surface area contributed by atoms with Crippen molar-refractivity contribution in [3.05, 3.63) is 0 Å². The van der Waals surface area contributed by atoms with Gasteiger partial charge in [0.1, 0.15) is 5.78 Å². The molecule has 72 valence electrons. The molecule has 0 aromatic rings. The molecular weight excluding hydrogens is 154 g/mol. The fourth-order valence-corrected chi connectivity index (χ4v) is 0.938. The van der Waals surface area contributed by atoms with Crippen LogP contribution in [-0.4, -0.2) is 31.6 Å². The van der Waals surface area contributed by atoms with Crippen molar-refractivity contribution in [2.24, 2.45) is 0 Å². The van der Waals surface area contributed by atoms with E-state index in [1.165, 1.54) is 0 Å². The Balaban J connectivity index is 3.13. The van der Waals surface area contributed by atoms with Crippen molar-refractivity contribution in [2.45, 2.75) is 33.3 Å². The smallest absolute Gasteiger partial charge is 0.143 e. The number of Topliss-reactive ketones (excluding diaryl/α,β-unsaturated/α-hetero) is 1. The molecule has 0 aromatic carbocycles. The van der Waals surface area contributed by atoms with Crippen LogP contribution in [-0.2, 0) is 9.53 Å². The molecule has 1 atom stereocenters. The summed E-state index contributed by atoms with van der Waals surface area (Å²) in [5.41, 5.74) is 0. The van der Waals surface area contributed by atoms with Crippen LogP contribution in [0.1, 0.15) is 27.2 Å². The Kier molecular flexibility index (Phi) is 7.00. The minimum Gasteiger partial charge on any atom is -0.379 e. The minimum atomic E-state index is 0.180. The number of carbonyl (C=O) groups excluding carboxylic acids is 1. The molecule has 0 aromatic heterocycles. The van der Waals surface area contributed by atoms with Crippen LogP contribution in [0.3, 0.4) is 0 Å². The summed E-state index contributed by atoms with van der Waals surface area (Å²) in [6.07, 6.45) is 1.25. The first-order valence-electron chi connectivity index (χ1n) is 4.48. The second-order valence-electron chi connectivity index (χ2n) is 2.93.